The van der Waals surface area contributed by atoms with Gasteiger partial charge in [0.15, 0.2) is 11.5 Å². The van der Waals surface area contributed by atoms with Crippen LogP contribution in [0.15, 0.2) is 30.2 Å². The lowest BCUT2D eigenvalue weighted by molar-refractivity contribution is 0.601. The first-order valence-electron chi connectivity index (χ1n) is 5.83. The van der Waals surface area contributed by atoms with Crippen molar-refractivity contribution in [3.05, 3.63) is 35.2 Å². The monoisotopic (exact) mass is 274 g/mol. The molecule has 0 aliphatic carbocycles. The summed E-state index contributed by atoms with van der Waals surface area (Å²) in [5, 5.41) is 6.31. The summed E-state index contributed by atoms with van der Waals surface area (Å²) in [6, 6.07) is 0. The van der Waals surface area contributed by atoms with Crippen molar-refractivity contribution in [3.8, 4) is 0 Å². The lowest BCUT2D eigenvalue weighted by atomic mass is 10.1. The van der Waals surface area contributed by atoms with Gasteiger partial charge in [-0.05, 0) is 13.8 Å². The van der Waals surface area contributed by atoms with E-state index in [4.69, 9.17) is 5.73 Å². The maximum absolute atomic E-state index is 5.81. The zero-order valence-corrected chi connectivity index (χ0v) is 11.5. The number of nitrogens with one attached hydrogen (secondary N) is 1. The van der Waals surface area contributed by atoms with E-state index in [2.05, 4.69) is 34.1 Å². The molecule has 3 aromatic heterocycles. The Morgan fingerprint density at radius 2 is 2.16 bits per heavy atom. The van der Waals surface area contributed by atoms with Crippen LogP contribution in [0.3, 0.4) is 0 Å². The lowest BCUT2D eigenvalue weighted by Gasteiger charge is -2.24. The average molecular weight is 274 g/mol. The van der Waals surface area contributed by atoms with Gasteiger partial charge in [0.1, 0.15) is 10.8 Å². The minimum atomic E-state index is -0.332. The Kier molecular flexibility index (Phi) is 2.63. The van der Waals surface area contributed by atoms with Crippen LogP contribution in [-0.4, -0.2) is 19.4 Å². The predicted molar refractivity (Wildman–Crippen MR) is 76.2 cm³/mol. The fourth-order valence-corrected chi connectivity index (χ4v) is 2.63. The second-order valence-electron chi connectivity index (χ2n) is 4.76. The minimum absolute atomic E-state index is 0.332. The Hall–Kier alpha value is -2.15. The fourth-order valence-electron chi connectivity index (χ4n) is 1.92. The van der Waals surface area contributed by atoms with E-state index in [9.17, 15) is 0 Å². The Morgan fingerprint density at radius 1 is 1.32 bits per heavy atom. The molecule has 0 spiro atoms. The molecule has 0 aromatic carbocycles. The standard InChI is InChI=1S/C12H14N6S/c1-12(2,11-15-4-6-19-11)17-9-10-14-3-5-18(10)7-8(13)16-9/h3-7H,13H2,1-2H3,(H,16,17). The number of thiazole rings is 1. The predicted octanol–water partition coefficient (Wildman–Crippen LogP) is 2.12. The number of hydrogen-bond donors (Lipinski definition) is 2. The van der Waals surface area contributed by atoms with Gasteiger partial charge in [-0.2, -0.15) is 0 Å². The molecular weight excluding hydrogens is 260 g/mol. The van der Waals surface area contributed by atoms with Crippen LogP contribution in [-0.2, 0) is 5.54 Å². The summed E-state index contributed by atoms with van der Waals surface area (Å²) >= 11 is 1.60. The molecule has 0 saturated carbocycles. The maximum Gasteiger partial charge on any atom is 0.180 e. The molecule has 0 fully saturated rings. The highest BCUT2D eigenvalue weighted by molar-refractivity contribution is 7.09. The number of rotatable bonds is 3. The molecule has 3 rings (SSSR count). The van der Waals surface area contributed by atoms with E-state index in [1.54, 1.807) is 29.9 Å². The smallest absolute Gasteiger partial charge is 0.180 e. The number of nitrogens with two attached hydrogens (primary N) is 1. The molecule has 3 heterocycles. The van der Waals surface area contributed by atoms with Crippen LogP contribution in [0.25, 0.3) is 5.65 Å². The van der Waals surface area contributed by atoms with E-state index < -0.39 is 0 Å². The lowest BCUT2D eigenvalue weighted by Crippen LogP contribution is -2.28. The maximum atomic E-state index is 5.81. The Labute approximate surface area is 114 Å². The summed E-state index contributed by atoms with van der Waals surface area (Å²) in [4.78, 5) is 13.0. The largest absolute Gasteiger partial charge is 0.382 e. The Bertz CT molecular complexity index is 700. The molecule has 98 valence electrons. The third-order valence-electron chi connectivity index (χ3n) is 2.79. The van der Waals surface area contributed by atoms with Gasteiger partial charge in [-0.3, -0.25) is 0 Å². The second kappa shape index (κ2) is 4.20. The third kappa shape index (κ3) is 2.12. The van der Waals surface area contributed by atoms with Crippen LogP contribution in [0.4, 0.5) is 11.6 Å². The van der Waals surface area contributed by atoms with Gasteiger partial charge < -0.3 is 15.5 Å². The van der Waals surface area contributed by atoms with Crippen molar-refractivity contribution in [1.29, 1.82) is 0 Å². The number of aromatic nitrogens is 4. The Morgan fingerprint density at radius 3 is 2.89 bits per heavy atom. The summed E-state index contributed by atoms with van der Waals surface area (Å²) in [5.41, 5.74) is 6.23. The summed E-state index contributed by atoms with van der Waals surface area (Å²) in [5.74, 6) is 1.10. The van der Waals surface area contributed by atoms with Crippen molar-refractivity contribution >= 4 is 28.6 Å². The van der Waals surface area contributed by atoms with Crippen molar-refractivity contribution in [2.24, 2.45) is 0 Å². The molecule has 3 aromatic rings. The quantitative estimate of drug-likeness (QED) is 0.764. The van der Waals surface area contributed by atoms with Gasteiger partial charge >= 0.3 is 0 Å². The zero-order chi connectivity index (χ0) is 13.5. The van der Waals surface area contributed by atoms with Gasteiger partial charge in [0.2, 0.25) is 0 Å². The first-order valence-corrected chi connectivity index (χ1v) is 6.71. The van der Waals surface area contributed by atoms with Crippen LogP contribution in [0.2, 0.25) is 0 Å². The van der Waals surface area contributed by atoms with Gasteiger partial charge in [0.05, 0.1) is 11.7 Å². The molecule has 0 radical (unpaired) electrons. The minimum Gasteiger partial charge on any atom is -0.382 e. The van der Waals surface area contributed by atoms with E-state index in [1.165, 1.54) is 0 Å². The molecule has 0 aliphatic rings. The van der Waals surface area contributed by atoms with Crippen molar-refractivity contribution in [1.82, 2.24) is 19.4 Å². The van der Waals surface area contributed by atoms with E-state index in [0.29, 0.717) is 11.6 Å². The van der Waals surface area contributed by atoms with Gasteiger partial charge in [-0.15, -0.1) is 11.3 Å². The molecule has 0 saturated heterocycles. The topological polar surface area (TPSA) is 81.1 Å². The summed E-state index contributed by atoms with van der Waals surface area (Å²) in [7, 11) is 0. The number of hydrogen-bond acceptors (Lipinski definition) is 6. The van der Waals surface area contributed by atoms with Crippen LogP contribution < -0.4 is 11.1 Å². The number of nitrogen functional groups attached to an aromatic ring is 1. The molecule has 0 aliphatic heterocycles. The Balaban J connectivity index is 2.03. The highest BCUT2D eigenvalue weighted by atomic mass is 32.1. The molecular formula is C12H14N6S. The van der Waals surface area contributed by atoms with Crippen LogP contribution >= 0.6 is 11.3 Å². The molecule has 0 bridgehead atoms. The van der Waals surface area contributed by atoms with E-state index in [1.807, 2.05) is 16.0 Å². The zero-order valence-electron chi connectivity index (χ0n) is 10.7. The molecule has 7 heteroatoms. The van der Waals surface area contributed by atoms with Gasteiger partial charge in [-0.25, -0.2) is 15.0 Å². The normalized spacial score (nSPS) is 11.9. The van der Waals surface area contributed by atoms with Crippen molar-refractivity contribution < 1.29 is 0 Å². The van der Waals surface area contributed by atoms with E-state index in [0.717, 1.165) is 10.7 Å². The second-order valence-corrected chi connectivity index (χ2v) is 5.65. The van der Waals surface area contributed by atoms with Crippen molar-refractivity contribution in [3.63, 3.8) is 0 Å². The average Bonchev–Trinajstić information content (AvgIpc) is 2.98. The molecule has 0 amide bonds. The first kappa shape index (κ1) is 11.9. The van der Waals surface area contributed by atoms with E-state index >= 15 is 0 Å². The van der Waals surface area contributed by atoms with Gasteiger partial charge in [-0.1, -0.05) is 0 Å². The van der Waals surface area contributed by atoms with Gasteiger partial charge in [0.25, 0.3) is 0 Å². The van der Waals surface area contributed by atoms with Crippen molar-refractivity contribution in [2.75, 3.05) is 11.1 Å². The molecule has 0 atom stereocenters. The highest BCUT2D eigenvalue weighted by Crippen LogP contribution is 2.28. The number of nitrogens with zero attached hydrogens (tertiary/aromatic N) is 4. The molecule has 3 N–H and O–H groups in total. The molecule has 6 nitrogen and oxygen atoms in total. The van der Waals surface area contributed by atoms with Gasteiger partial charge in [0, 0.05) is 24.0 Å². The SMILES string of the molecule is CC(C)(Nc1nc(N)cn2ccnc12)c1nccs1. The van der Waals surface area contributed by atoms with Crippen LogP contribution in [0.1, 0.15) is 18.9 Å². The summed E-state index contributed by atoms with van der Waals surface area (Å²) in [6.45, 7) is 4.10. The van der Waals surface area contributed by atoms with Crippen LogP contribution in [0.5, 0.6) is 0 Å². The number of imidazole rings is 1. The van der Waals surface area contributed by atoms with Crippen LogP contribution in [0, 0.1) is 0 Å². The summed E-state index contributed by atoms with van der Waals surface area (Å²) < 4.78 is 1.85. The van der Waals surface area contributed by atoms with Crippen molar-refractivity contribution in [2.45, 2.75) is 19.4 Å². The molecule has 0 unspecified atom stereocenters. The summed E-state index contributed by atoms with van der Waals surface area (Å²) in [6.07, 6.45) is 7.10. The fraction of sp³-hybridized carbons (Fsp3) is 0.250. The third-order valence-corrected chi connectivity index (χ3v) is 3.89. The first-order chi connectivity index (χ1) is 9.06. The molecule has 19 heavy (non-hydrogen) atoms. The number of anilines is 2. The highest BCUT2D eigenvalue weighted by Gasteiger charge is 2.25. The number of fused-ring (bicyclic) bond motifs is 1. The van der Waals surface area contributed by atoms with E-state index in [-0.39, 0.29) is 5.54 Å².